The van der Waals surface area contributed by atoms with Crippen LogP contribution >= 0.6 is 0 Å². The molecule has 1 spiro atoms. The van der Waals surface area contributed by atoms with Crippen LogP contribution in [0.1, 0.15) is 27.8 Å². The Morgan fingerprint density at radius 3 is 1.49 bits per heavy atom. The van der Waals surface area contributed by atoms with E-state index in [1.54, 1.807) is 0 Å². The molecule has 2 aliphatic carbocycles. The number of nitrogens with zero attached hydrogens (tertiary/aromatic N) is 4. The Kier molecular flexibility index (Phi) is 6.80. The zero-order valence-electron chi connectivity index (χ0n) is 29.6. The second-order valence-corrected chi connectivity index (χ2v) is 14.2. The quantitative estimate of drug-likeness (QED) is 0.184. The Hall–Kier alpha value is -7.48. The first-order valence-corrected chi connectivity index (χ1v) is 18.5. The lowest BCUT2D eigenvalue weighted by molar-refractivity contribution is 0.794. The topological polar surface area (TPSA) is 62.5 Å². The van der Waals surface area contributed by atoms with Crippen LogP contribution < -0.4 is 0 Å². The predicted octanol–water partition coefficient (Wildman–Crippen LogP) is 11.9. The summed E-state index contributed by atoms with van der Waals surface area (Å²) in [6.07, 6.45) is 0. The van der Waals surface area contributed by atoms with Crippen molar-refractivity contribution in [1.29, 1.82) is 5.26 Å². The van der Waals surface area contributed by atoms with E-state index in [-0.39, 0.29) is 0 Å². The molecule has 8 aromatic carbocycles. The van der Waals surface area contributed by atoms with Gasteiger partial charge in [-0.1, -0.05) is 164 Å². The highest BCUT2D eigenvalue weighted by Crippen LogP contribution is 2.64. The Bertz CT molecular complexity index is 2980. The van der Waals surface area contributed by atoms with Gasteiger partial charge in [0.1, 0.15) is 0 Å². The van der Waals surface area contributed by atoms with Gasteiger partial charge in [0, 0.05) is 16.7 Å². The van der Waals surface area contributed by atoms with E-state index in [2.05, 4.69) is 121 Å². The number of benzene rings is 8. The van der Waals surface area contributed by atoms with Crippen LogP contribution in [0.15, 0.2) is 182 Å². The van der Waals surface area contributed by atoms with Crippen molar-refractivity contribution in [3.05, 3.63) is 210 Å². The molecule has 11 rings (SSSR count). The minimum absolute atomic E-state index is 0.573. The van der Waals surface area contributed by atoms with Crippen LogP contribution in [0.5, 0.6) is 0 Å². The Balaban J connectivity index is 1.13. The Morgan fingerprint density at radius 1 is 0.364 bits per heavy atom. The zero-order valence-corrected chi connectivity index (χ0v) is 29.6. The fraction of sp³-hybridized carbons (Fsp3) is 0.0196. The molecule has 1 aromatic heterocycles. The van der Waals surface area contributed by atoms with E-state index in [1.165, 1.54) is 49.7 Å². The van der Waals surface area contributed by atoms with Gasteiger partial charge in [0.25, 0.3) is 0 Å². The molecule has 254 valence electrons. The van der Waals surface area contributed by atoms with Gasteiger partial charge in [0.15, 0.2) is 17.5 Å². The average molecular weight is 699 g/mol. The third-order valence-electron chi connectivity index (χ3n) is 11.4. The van der Waals surface area contributed by atoms with Crippen LogP contribution in [-0.4, -0.2) is 15.0 Å². The second-order valence-electron chi connectivity index (χ2n) is 14.2. The molecule has 2 aliphatic rings. The fourth-order valence-electron chi connectivity index (χ4n) is 9.04. The molecule has 0 radical (unpaired) electrons. The molecular formula is C51H30N4. The summed E-state index contributed by atoms with van der Waals surface area (Å²) in [5.41, 5.74) is 14.9. The minimum Gasteiger partial charge on any atom is -0.208 e. The highest BCUT2D eigenvalue weighted by atomic mass is 15.0. The SMILES string of the molecule is N#Cc1ccc2c(c1)C1(c3ccccc3-2)c2ccccc2-c2c1cc(-c1ccc(-c3nc(-c4ccccc4)nc(-c4ccccc4)n3)cc1)c1ccccc21. The van der Waals surface area contributed by atoms with E-state index in [0.29, 0.717) is 23.0 Å². The molecule has 0 amide bonds. The number of fused-ring (bicyclic) bond motifs is 12. The van der Waals surface area contributed by atoms with Crippen molar-refractivity contribution >= 4 is 10.8 Å². The fourth-order valence-corrected chi connectivity index (χ4v) is 9.04. The van der Waals surface area contributed by atoms with E-state index < -0.39 is 5.41 Å². The Labute approximate surface area is 318 Å². The molecule has 0 fully saturated rings. The van der Waals surface area contributed by atoms with Gasteiger partial charge in [-0.15, -0.1) is 0 Å². The van der Waals surface area contributed by atoms with Crippen molar-refractivity contribution in [1.82, 2.24) is 15.0 Å². The molecule has 55 heavy (non-hydrogen) atoms. The second kappa shape index (κ2) is 12.0. The van der Waals surface area contributed by atoms with Crippen molar-refractivity contribution < 1.29 is 0 Å². The van der Waals surface area contributed by atoms with Crippen molar-refractivity contribution in [2.24, 2.45) is 0 Å². The summed E-state index contributed by atoms with van der Waals surface area (Å²) >= 11 is 0. The first-order chi connectivity index (χ1) is 27.2. The number of aromatic nitrogens is 3. The number of rotatable bonds is 4. The maximum absolute atomic E-state index is 10.1. The molecular weight excluding hydrogens is 669 g/mol. The van der Waals surface area contributed by atoms with Crippen molar-refractivity contribution in [2.75, 3.05) is 0 Å². The molecule has 4 heteroatoms. The van der Waals surface area contributed by atoms with E-state index in [0.717, 1.165) is 33.4 Å². The molecule has 0 N–H and O–H groups in total. The molecule has 1 atom stereocenters. The third-order valence-corrected chi connectivity index (χ3v) is 11.4. The summed E-state index contributed by atoms with van der Waals surface area (Å²) in [4.78, 5) is 14.9. The summed E-state index contributed by atoms with van der Waals surface area (Å²) in [6, 6.07) is 66.2. The Morgan fingerprint density at radius 2 is 0.855 bits per heavy atom. The van der Waals surface area contributed by atoms with E-state index >= 15 is 0 Å². The highest BCUT2D eigenvalue weighted by molar-refractivity contribution is 6.11. The van der Waals surface area contributed by atoms with E-state index in [4.69, 9.17) is 15.0 Å². The average Bonchev–Trinajstić information content (AvgIpc) is 3.73. The molecule has 4 nitrogen and oxygen atoms in total. The van der Waals surface area contributed by atoms with Crippen molar-refractivity contribution in [2.45, 2.75) is 5.41 Å². The highest BCUT2D eigenvalue weighted by Gasteiger charge is 2.52. The molecule has 1 unspecified atom stereocenters. The standard InChI is InChI=1S/C51H30N4/c52-31-32-23-28-39-38-18-9-11-21-43(38)51(45(39)29-32)44-22-12-10-20-41(44)47-40-19-8-7-17-37(40)42(30-46(47)51)33-24-26-36(27-25-33)50-54-48(34-13-3-1-4-14-34)53-49(55-50)35-15-5-2-6-16-35/h1-30H. The first kappa shape index (κ1) is 31.1. The van der Waals surface area contributed by atoms with Crippen molar-refractivity contribution in [3.8, 4) is 73.6 Å². The van der Waals surface area contributed by atoms with Crippen LogP contribution in [0.3, 0.4) is 0 Å². The lowest BCUT2D eigenvalue weighted by atomic mass is 9.69. The molecule has 0 saturated carbocycles. The van der Waals surface area contributed by atoms with Crippen molar-refractivity contribution in [3.63, 3.8) is 0 Å². The molecule has 0 saturated heterocycles. The smallest absolute Gasteiger partial charge is 0.164 e. The van der Waals surface area contributed by atoms with Gasteiger partial charge in [-0.3, -0.25) is 0 Å². The number of hydrogen-bond acceptors (Lipinski definition) is 4. The lowest BCUT2D eigenvalue weighted by Gasteiger charge is -2.31. The number of hydrogen-bond donors (Lipinski definition) is 0. The molecule has 9 aromatic rings. The normalized spacial score (nSPS) is 14.6. The van der Waals surface area contributed by atoms with Gasteiger partial charge < -0.3 is 0 Å². The molecule has 0 bridgehead atoms. The van der Waals surface area contributed by atoms with E-state index in [9.17, 15) is 5.26 Å². The van der Waals surface area contributed by atoms with Gasteiger partial charge in [-0.2, -0.15) is 5.26 Å². The van der Waals surface area contributed by atoms with Crippen LogP contribution in [0.25, 0.3) is 78.3 Å². The first-order valence-electron chi connectivity index (χ1n) is 18.5. The van der Waals surface area contributed by atoms with Gasteiger partial charge in [-0.25, -0.2) is 15.0 Å². The third kappa shape index (κ3) is 4.54. The summed E-state index contributed by atoms with van der Waals surface area (Å²) in [5.74, 6) is 1.90. The van der Waals surface area contributed by atoms with Crippen LogP contribution in [0.2, 0.25) is 0 Å². The lowest BCUT2D eigenvalue weighted by Crippen LogP contribution is -2.26. The summed E-state index contributed by atoms with van der Waals surface area (Å²) in [7, 11) is 0. The zero-order chi connectivity index (χ0) is 36.5. The van der Waals surface area contributed by atoms with Gasteiger partial charge in [0.05, 0.1) is 17.0 Å². The summed E-state index contributed by atoms with van der Waals surface area (Å²) in [5, 5.41) is 12.5. The molecule has 0 aliphatic heterocycles. The summed E-state index contributed by atoms with van der Waals surface area (Å²) in [6.45, 7) is 0. The predicted molar refractivity (Wildman–Crippen MR) is 220 cm³/mol. The monoisotopic (exact) mass is 698 g/mol. The number of nitriles is 1. The minimum atomic E-state index is -0.573. The van der Waals surface area contributed by atoms with Gasteiger partial charge >= 0.3 is 0 Å². The maximum atomic E-state index is 10.1. The molecule has 1 heterocycles. The van der Waals surface area contributed by atoms with Crippen LogP contribution in [0, 0.1) is 11.3 Å². The van der Waals surface area contributed by atoms with E-state index in [1.807, 2.05) is 66.7 Å². The summed E-state index contributed by atoms with van der Waals surface area (Å²) < 4.78 is 0. The van der Waals surface area contributed by atoms with Gasteiger partial charge in [-0.05, 0) is 84.6 Å². The van der Waals surface area contributed by atoms with Gasteiger partial charge in [0.2, 0.25) is 0 Å². The van der Waals surface area contributed by atoms with Crippen LogP contribution in [0.4, 0.5) is 0 Å². The largest absolute Gasteiger partial charge is 0.208 e. The van der Waals surface area contributed by atoms with Crippen LogP contribution in [-0.2, 0) is 5.41 Å². The maximum Gasteiger partial charge on any atom is 0.164 e.